The summed E-state index contributed by atoms with van der Waals surface area (Å²) in [5.41, 5.74) is 3.08. The molecule has 0 amide bonds. The summed E-state index contributed by atoms with van der Waals surface area (Å²) in [7, 11) is -3.65. The third kappa shape index (κ3) is 3.82. The molecule has 3 rings (SSSR count). The second-order valence-electron chi connectivity index (χ2n) is 5.47. The zero-order valence-corrected chi connectivity index (χ0v) is 14.9. The van der Waals surface area contributed by atoms with Crippen molar-refractivity contribution >= 4 is 31.7 Å². The Kier molecular flexibility index (Phi) is 4.82. The van der Waals surface area contributed by atoms with Crippen LogP contribution in [-0.2, 0) is 16.4 Å². The summed E-state index contributed by atoms with van der Waals surface area (Å²) < 4.78 is 25.5. The molecule has 120 valence electrons. The lowest BCUT2D eigenvalue weighted by molar-refractivity contribution is 0.584. The molecule has 0 bridgehead atoms. The molecule has 1 aliphatic rings. The van der Waals surface area contributed by atoms with E-state index in [4.69, 9.17) is 0 Å². The third-order valence-electron chi connectivity index (χ3n) is 3.86. The van der Waals surface area contributed by atoms with Crippen molar-refractivity contribution in [2.24, 2.45) is 5.10 Å². The van der Waals surface area contributed by atoms with Crippen LogP contribution in [-0.4, -0.2) is 14.1 Å². The van der Waals surface area contributed by atoms with E-state index in [1.54, 1.807) is 24.3 Å². The van der Waals surface area contributed by atoms with Gasteiger partial charge in [-0.05, 0) is 55.5 Å². The number of aryl methyl sites for hydroxylation is 1. The van der Waals surface area contributed by atoms with Crippen molar-refractivity contribution in [2.45, 2.75) is 30.6 Å². The van der Waals surface area contributed by atoms with Gasteiger partial charge >= 0.3 is 0 Å². The first-order valence-corrected chi connectivity index (χ1v) is 9.76. The lowest BCUT2D eigenvalue weighted by Gasteiger charge is -2.09. The quantitative estimate of drug-likeness (QED) is 0.636. The summed E-state index contributed by atoms with van der Waals surface area (Å²) in [5.74, 6) is 0. The van der Waals surface area contributed by atoms with E-state index >= 15 is 0 Å². The minimum Gasteiger partial charge on any atom is -0.200 e. The zero-order valence-electron chi connectivity index (χ0n) is 12.5. The molecule has 0 saturated heterocycles. The maximum Gasteiger partial charge on any atom is 0.276 e. The first-order valence-electron chi connectivity index (χ1n) is 7.48. The minimum absolute atomic E-state index is 0.201. The van der Waals surface area contributed by atoms with Crippen LogP contribution in [0.1, 0.15) is 30.4 Å². The number of benzene rings is 2. The van der Waals surface area contributed by atoms with Gasteiger partial charge in [-0.15, -0.1) is 0 Å². The Labute approximate surface area is 144 Å². The third-order valence-corrected chi connectivity index (χ3v) is 5.62. The molecule has 0 aliphatic heterocycles. The van der Waals surface area contributed by atoms with Gasteiger partial charge in [0.25, 0.3) is 10.0 Å². The fraction of sp³-hybridized carbons (Fsp3) is 0.235. The van der Waals surface area contributed by atoms with Crippen LogP contribution in [0.4, 0.5) is 0 Å². The number of rotatable bonds is 3. The van der Waals surface area contributed by atoms with Crippen LogP contribution >= 0.6 is 15.9 Å². The topological polar surface area (TPSA) is 58.5 Å². The molecule has 0 saturated carbocycles. The van der Waals surface area contributed by atoms with E-state index in [1.165, 1.54) is 5.56 Å². The van der Waals surface area contributed by atoms with Crippen molar-refractivity contribution < 1.29 is 8.42 Å². The second kappa shape index (κ2) is 6.84. The number of hydrogen-bond acceptors (Lipinski definition) is 3. The Hall–Kier alpha value is -1.66. The first kappa shape index (κ1) is 16.2. The van der Waals surface area contributed by atoms with Gasteiger partial charge in [0.1, 0.15) is 0 Å². The number of halogens is 1. The van der Waals surface area contributed by atoms with E-state index in [2.05, 4.69) is 31.9 Å². The van der Waals surface area contributed by atoms with Crippen molar-refractivity contribution in [1.82, 2.24) is 4.83 Å². The van der Waals surface area contributed by atoms with Crippen LogP contribution in [0.2, 0.25) is 0 Å². The van der Waals surface area contributed by atoms with Gasteiger partial charge in [-0.3, -0.25) is 0 Å². The second-order valence-corrected chi connectivity index (χ2v) is 8.05. The largest absolute Gasteiger partial charge is 0.276 e. The highest BCUT2D eigenvalue weighted by atomic mass is 79.9. The number of hydrazone groups is 1. The van der Waals surface area contributed by atoms with Gasteiger partial charge in [0, 0.05) is 10.0 Å². The monoisotopic (exact) mass is 392 g/mol. The van der Waals surface area contributed by atoms with Crippen LogP contribution in [0.25, 0.3) is 0 Å². The first-order chi connectivity index (χ1) is 11.1. The van der Waals surface area contributed by atoms with Crippen LogP contribution in [0.15, 0.2) is 63.0 Å². The zero-order chi connectivity index (χ0) is 16.3. The molecule has 0 unspecified atom stereocenters. The number of fused-ring (bicyclic) bond motifs is 1. The standard InChI is InChI=1S/C17H17BrN2O2S/c18-14-9-11-15(12-10-14)23(21,22)20-19-17-8-4-2-6-13-5-1-3-7-16(13)17/h1,3,5,7,9-12,20H,2,4,6,8H2/b19-17+. The van der Waals surface area contributed by atoms with E-state index in [-0.39, 0.29) is 4.90 Å². The number of nitrogens with one attached hydrogen (secondary N) is 1. The van der Waals surface area contributed by atoms with Gasteiger partial charge in [-0.2, -0.15) is 18.4 Å². The number of hydrogen-bond donors (Lipinski definition) is 1. The van der Waals surface area contributed by atoms with E-state index in [0.717, 1.165) is 41.4 Å². The highest BCUT2D eigenvalue weighted by Crippen LogP contribution is 2.21. The van der Waals surface area contributed by atoms with E-state index in [9.17, 15) is 8.42 Å². The van der Waals surface area contributed by atoms with Gasteiger partial charge in [0.05, 0.1) is 10.6 Å². The average molecular weight is 393 g/mol. The smallest absolute Gasteiger partial charge is 0.200 e. The van der Waals surface area contributed by atoms with Gasteiger partial charge in [-0.25, -0.2) is 0 Å². The van der Waals surface area contributed by atoms with Gasteiger partial charge < -0.3 is 0 Å². The van der Waals surface area contributed by atoms with Gasteiger partial charge in [0.2, 0.25) is 0 Å². The normalized spacial score (nSPS) is 16.7. The van der Waals surface area contributed by atoms with E-state index in [0.29, 0.717) is 0 Å². The van der Waals surface area contributed by atoms with Crippen LogP contribution < -0.4 is 4.83 Å². The molecule has 0 aromatic heterocycles. The Morgan fingerprint density at radius 2 is 1.65 bits per heavy atom. The molecule has 1 N–H and O–H groups in total. The fourth-order valence-corrected chi connectivity index (χ4v) is 3.75. The highest BCUT2D eigenvalue weighted by molar-refractivity contribution is 9.10. The van der Waals surface area contributed by atoms with Crippen LogP contribution in [0.3, 0.4) is 0 Å². The molecule has 0 atom stereocenters. The molecule has 4 nitrogen and oxygen atoms in total. The Balaban J connectivity index is 1.88. The molecule has 1 aliphatic carbocycles. The highest BCUT2D eigenvalue weighted by Gasteiger charge is 2.16. The molecule has 2 aromatic carbocycles. The maximum atomic E-state index is 12.4. The van der Waals surface area contributed by atoms with Gasteiger partial charge in [-0.1, -0.05) is 40.2 Å². The van der Waals surface area contributed by atoms with Crippen molar-refractivity contribution in [3.05, 3.63) is 64.1 Å². The summed E-state index contributed by atoms with van der Waals surface area (Å²) in [5, 5.41) is 4.22. The predicted octanol–water partition coefficient (Wildman–Crippen LogP) is 3.86. The molecule has 6 heteroatoms. The Morgan fingerprint density at radius 1 is 0.957 bits per heavy atom. The van der Waals surface area contributed by atoms with Crippen molar-refractivity contribution in [3.8, 4) is 0 Å². The molecular weight excluding hydrogens is 376 g/mol. The van der Waals surface area contributed by atoms with Crippen molar-refractivity contribution in [2.75, 3.05) is 0 Å². The SMILES string of the molecule is O=S(=O)(N/N=C1\CCCCc2ccccc21)c1ccc(Br)cc1. The molecule has 2 aromatic rings. The van der Waals surface area contributed by atoms with Crippen molar-refractivity contribution in [3.63, 3.8) is 0 Å². The molecule has 0 fully saturated rings. The molecule has 0 radical (unpaired) electrons. The lowest BCUT2D eigenvalue weighted by atomic mass is 10.0. The number of sulfonamides is 1. The Morgan fingerprint density at radius 3 is 2.43 bits per heavy atom. The summed E-state index contributed by atoms with van der Waals surface area (Å²) in [6, 6.07) is 14.6. The number of nitrogens with zero attached hydrogens (tertiary/aromatic N) is 1. The molecule has 23 heavy (non-hydrogen) atoms. The molecule has 0 spiro atoms. The molecule has 0 heterocycles. The predicted molar refractivity (Wildman–Crippen MR) is 95.0 cm³/mol. The van der Waals surface area contributed by atoms with E-state index in [1.807, 2.05) is 18.2 Å². The lowest BCUT2D eigenvalue weighted by Crippen LogP contribution is -2.20. The summed E-state index contributed by atoms with van der Waals surface area (Å²) in [4.78, 5) is 2.58. The van der Waals surface area contributed by atoms with E-state index < -0.39 is 10.0 Å². The summed E-state index contributed by atoms with van der Waals surface area (Å²) in [6.45, 7) is 0. The van der Waals surface area contributed by atoms with Crippen molar-refractivity contribution in [1.29, 1.82) is 0 Å². The maximum absolute atomic E-state index is 12.4. The fourth-order valence-electron chi connectivity index (χ4n) is 2.66. The Bertz CT molecular complexity index is 830. The average Bonchev–Trinajstić information content (AvgIpc) is 2.76. The summed E-state index contributed by atoms with van der Waals surface area (Å²) in [6.07, 6.45) is 3.89. The summed E-state index contributed by atoms with van der Waals surface area (Å²) >= 11 is 3.30. The van der Waals surface area contributed by atoms with Gasteiger partial charge in [0.15, 0.2) is 0 Å². The van der Waals surface area contributed by atoms with Crippen LogP contribution in [0, 0.1) is 0 Å². The van der Waals surface area contributed by atoms with Crippen LogP contribution in [0.5, 0.6) is 0 Å². The molecular formula is C17H17BrN2O2S. The minimum atomic E-state index is -3.65.